The molecule has 0 bridgehead atoms. The molecule has 3 heteroatoms. The van der Waals surface area contributed by atoms with Crippen molar-refractivity contribution in [1.29, 1.82) is 0 Å². The molecule has 25 heavy (non-hydrogen) atoms. The van der Waals surface area contributed by atoms with Crippen molar-refractivity contribution < 1.29 is 9.63 Å². The third-order valence-corrected chi connectivity index (χ3v) is 3.99. The third kappa shape index (κ3) is 5.11. The highest BCUT2D eigenvalue weighted by Gasteiger charge is 2.17. The van der Waals surface area contributed by atoms with Crippen LogP contribution in [-0.2, 0) is 11.4 Å². The minimum atomic E-state index is -0.197. The van der Waals surface area contributed by atoms with Crippen molar-refractivity contribution >= 4 is 5.78 Å². The summed E-state index contributed by atoms with van der Waals surface area (Å²) in [6.07, 6.45) is 0.336. The van der Waals surface area contributed by atoms with Gasteiger partial charge >= 0.3 is 0 Å². The summed E-state index contributed by atoms with van der Waals surface area (Å²) >= 11 is 0. The third-order valence-electron chi connectivity index (χ3n) is 3.99. The molecule has 0 fully saturated rings. The molecule has 0 radical (unpaired) electrons. The van der Waals surface area contributed by atoms with Crippen molar-refractivity contribution in [1.82, 2.24) is 5.48 Å². The Balaban J connectivity index is 1.66. The molecule has 0 saturated heterocycles. The van der Waals surface area contributed by atoms with E-state index in [4.69, 9.17) is 4.84 Å². The maximum Gasteiger partial charge on any atom is 0.164 e. The van der Waals surface area contributed by atoms with Gasteiger partial charge in [-0.25, -0.2) is 0 Å². The molecule has 0 saturated carbocycles. The molecule has 0 unspecified atom stereocenters. The Morgan fingerprint density at radius 3 is 2.00 bits per heavy atom. The van der Waals surface area contributed by atoms with E-state index in [-0.39, 0.29) is 11.8 Å². The summed E-state index contributed by atoms with van der Waals surface area (Å²) in [5, 5.41) is 0. The fraction of sp³-hybridized carbons (Fsp3) is 0.136. The molecule has 3 aromatic rings. The smallest absolute Gasteiger partial charge is 0.164 e. The highest BCUT2D eigenvalue weighted by atomic mass is 16.6. The number of carbonyl (C=O) groups is 1. The first-order valence-corrected chi connectivity index (χ1v) is 8.37. The maximum absolute atomic E-state index is 12.6. The first-order chi connectivity index (χ1) is 12.3. The number of ketones is 1. The van der Waals surface area contributed by atoms with Gasteiger partial charge < -0.3 is 0 Å². The molecule has 1 N–H and O–H groups in total. The van der Waals surface area contributed by atoms with Crippen LogP contribution in [0.3, 0.4) is 0 Å². The van der Waals surface area contributed by atoms with Crippen LogP contribution in [-0.4, -0.2) is 5.78 Å². The van der Waals surface area contributed by atoms with E-state index < -0.39 is 0 Å². The van der Waals surface area contributed by atoms with Crippen LogP contribution in [0.4, 0.5) is 0 Å². The van der Waals surface area contributed by atoms with Crippen molar-refractivity contribution in [3.05, 3.63) is 108 Å². The molecular formula is C22H21NO2. The van der Waals surface area contributed by atoms with Gasteiger partial charge in [-0.3, -0.25) is 9.63 Å². The van der Waals surface area contributed by atoms with Gasteiger partial charge in [-0.2, -0.15) is 5.48 Å². The Bertz CT molecular complexity index is 773. The van der Waals surface area contributed by atoms with Crippen molar-refractivity contribution in [3.63, 3.8) is 0 Å². The van der Waals surface area contributed by atoms with Gasteiger partial charge in [0, 0.05) is 12.0 Å². The molecule has 3 nitrogen and oxygen atoms in total. The van der Waals surface area contributed by atoms with Gasteiger partial charge in [0.25, 0.3) is 0 Å². The van der Waals surface area contributed by atoms with E-state index in [0.717, 1.165) is 11.1 Å². The SMILES string of the molecule is O=C(C[C@H](NOCc1ccccc1)c1ccccc1)c1ccccc1. The Morgan fingerprint density at radius 2 is 1.36 bits per heavy atom. The van der Waals surface area contributed by atoms with Crippen LogP contribution in [0, 0.1) is 0 Å². The van der Waals surface area contributed by atoms with E-state index in [1.165, 1.54) is 0 Å². The van der Waals surface area contributed by atoms with Gasteiger partial charge in [-0.15, -0.1) is 0 Å². The average Bonchev–Trinajstić information content (AvgIpc) is 2.69. The lowest BCUT2D eigenvalue weighted by molar-refractivity contribution is 0.00176. The predicted molar refractivity (Wildman–Crippen MR) is 98.9 cm³/mol. The number of rotatable bonds is 8. The topological polar surface area (TPSA) is 38.3 Å². The monoisotopic (exact) mass is 331 g/mol. The number of hydroxylamine groups is 1. The predicted octanol–water partition coefficient (Wildman–Crippen LogP) is 4.72. The molecule has 0 spiro atoms. The highest BCUT2D eigenvalue weighted by Crippen LogP contribution is 2.19. The zero-order chi connectivity index (χ0) is 17.3. The standard InChI is InChI=1S/C22H21NO2/c24-22(20-14-8-3-9-15-20)16-21(19-12-6-2-7-13-19)23-25-17-18-10-4-1-5-11-18/h1-15,21,23H,16-17H2/t21-/m0/s1. The normalized spacial score (nSPS) is 11.8. The summed E-state index contributed by atoms with van der Waals surface area (Å²) in [6.45, 7) is 0.448. The largest absolute Gasteiger partial charge is 0.296 e. The molecule has 0 aliphatic heterocycles. The van der Waals surface area contributed by atoms with Crippen LogP contribution in [0.2, 0.25) is 0 Å². The summed E-state index contributed by atoms with van der Waals surface area (Å²) in [6, 6.07) is 29.0. The summed E-state index contributed by atoms with van der Waals surface area (Å²) in [5.41, 5.74) is 5.89. The van der Waals surface area contributed by atoms with Crippen LogP contribution in [0.1, 0.15) is 33.9 Å². The van der Waals surface area contributed by atoms with Gasteiger partial charge in [-0.05, 0) is 11.1 Å². The van der Waals surface area contributed by atoms with Crippen molar-refractivity contribution in [3.8, 4) is 0 Å². The number of Topliss-reactive ketones (excluding diaryl/α,β-unsaturated/α-hetero) is 1. The zero-order valence-electron chi connectivity index (χ0n) is 14.0. The van der Waals surface area contributed by atoms with Crippen LogP contribution < -0.4 is 5.48 Å². The Labute approximate surface area is 148 Å². The van der Waals surface area contributed by atoms with E-state index in [2.05, 4.69) is 5.48 Å². The van der Waals surface area contributed by atoms with Gasteiger partial charge in [0.05, 0.1) is 12.6 Å². The van der Waals surface area contributed by atoms with Crippen molar-refractivity contribution in [2.45, 2.75) is 19.1 Å². The van der Waals surface area contributed by atoms with Crippen LogP contribution in [0.25, 0.3) is 0 Å². The molecule has 3 aromatic carbocycles. The summed E-state index contributed by atoms with van der Waals surface area (Å²) in [7, 11) is 0. The van der Waals surface area contributed by atoms with Crippen molar-refractivity contribution in [2.24, 2.45) is 0 Å². The van der Waals surface area contributed by atoms with Crippen LogP contribution in [0.5, 0.6) is 0 Å². The average molecular weight is 331 g/mol. The van der Waals surface area contributed by atoms with Gasteiger partial charge in [0.15, 0.2) is 5.78 Å². The minimum Gasteiger partial charge on any atom is -0.296 e. The summed E-state index contributed by atoms with van der Waals surface area (Å²) in [5.74, 6) is 0.0882. The second-order valence-electron chi connectivity index (χ2n) is 5.85. The lowest BCUT2D eigenvalue weighted by atomic mass is 9.98. The lowest BCUT2D eigenvalue weighted by Gasteiger charge is -2.18. The van der Waals surface area contributed by atoms with Gasteiger partial charge in [0.1, 0.15) is 0 Å². The number of benzene rings is 3. The van der Waals surface area contributed by atoms with Crippen molar-refractivity contribution in [2.75, 3.05) is 0 Å². The molecule has 0 heterocycles. The van der Waals surface area contributed by atoms with E-state index in [1.54, 1.807) is 0 Å². The fourth-order valence-electron chi connectivity index (χ4n) is 2.64. The first-order valence-electron chi connectivity index (χ1n) is 8.37. The number of nitrogens with one attached hydrogen (secondary N) is 1. The van der Waals surface area contributed by atoms with E-state index in [0.29, 0.717) is 18.6 Å². The molecule has 0 amide bonds. The van der Waals surface area contributed by atoms with Gasteiger partial charge in [-0.1, -0.05) is 91.0 Å². The quantitative estimate of drug-likeness (QED) is 0.479. The molecule has 0 aliphatic rings. The van der Waals surface area contributed by atoms with Gasteiger partial charge in [0.2, 0.25) is 0 Å². The summed E-state index contributed by atoms with van der Waals surface area (Å²) < 4.78 is 0. The number of hydrogen-bond donors (Lipinski definition) is 1. The Kier molecular flexibility index (Phi) is 6.10. The number of hydrogen-bond acceptors (Lipinski definition) is 3. The van der Waals surface area contributed by atoms with E-state index in [9.17, 15) is 4.79 Å². The van der Waals surface area contributed by atoms with Crippen LogP contribution >= 0.6 is 0 Å². The van der Waals surface area contributed by atoms with Crippen LogP contribution in [0.15, 0.2) is 91.0 Å². The Morgan fingerprint density at radius 1 is 0.800 bits per heavy atom. The zero-order valence-corrected chi connectivity index (χ0v) is 14.0. The number of carbonyl (C=O) groups excluding carboxylic acids is 1. The summed E-state index contributed by atoms with van der Waals surface area (Å²) in [4.78, 5) is 18.2. The first kappa shape index (κ1) is 17.1. The second-order valence-corrected chi connectivity index (χ2v) is 5.85. The molecular weight excluding hydrogens is 310 g/mol. The molecule has 0 aliphatic carbocycles. The Hall–Kier alpha value is -2.75. The maximum atomic E-state index is 12.6. The van der Waals surface area contributed by atoms with E-state index in [1.807, 2.05) is 91.0 Å². The van der Waals surface area contributed by atoms with E-state index >= 15 is 0 Å². The fourth-order valence-corrected chi connectivity index (χ4v) is 2.64. The molecule has 1 atom stereocenters. The lowest BCUT2D eigenvalue weighted by Crippen LogP contribution is -2.24. The highest BCUT2D eigenvalue weighted by molar-refractivity contribution is 5.96. The molecule has 126 valence electrons. The molecule has 3 rings (SSSR count). The minimum absolute atomic E-state index is 0.0882. The second kappa shape index (κ2) is 8.92. The molecule has 0 aromatic heterocycles.